The molecule has 5 heteroatoms. The predicted octanol–water partition coefficient (Wildman–Crippen LogP) is 1.65. The Kier molecular flexibility index (Phi) is 3.66. The van der Waals surface area contributed by atoms with Gasteiger partial charge in [-0.25, -0.2) is 4.39 Å². The van der Waals surface area contributed by atoms with E-state index in [2.05, 4.69) is 0 Å². The first kappa shape index (κ1) is 14.0. The molecule has 1 saturated carbocycles. The number of primary amides is 1. The second-order valence-corrected chi connectivity index (χ2v) is 6.00. The van der Waals surface area contributed by atoms with E-state index in [9.17, 15) is 14.0 Å². The normalized spacial score (nSPS) is 25.7. The smallest absolute Gasteiger partial charge is 0.226 e. The Morgan fingerprint density at radius 3 is 2.33 bits per heavy atom. The highest BCUT2D eigenvalue weighted by molar-refractivity contribution is 5.83. The third kappa shape index (κ3) is 2.91. The third-order valence-electron chi connectivity index (χ3n) is 4.61. The molecule has 2 unspecified atom stereocenters. The van der Waals surface area contributed by atoms with E-state index in [0.717, 1.165) is 12.0 Å². The van der Waals surface area contributed by atoms with Gasteiger partial charge in [-0.2, -0.15) is 0 Å². The van der Waals surface area contributed by atoms with Crippen LogP contribution in [0.2, 0.25) is 0 Å². The highest BCUT2D eigenvalue weighted by Gasteiger charge is 2.46. The van der Waals surface area contributed by atoms with E-state index < -0.39 is 0 Å². The van der Waals surface area contributed by atoms with Gasteiger partial charge in [-0.3, -0.25) is 9.59 Å². The van der Waals surface area contributed by atoms with Crippen molar-refractivity contribution in [3.63, 3.8) is 0 Å². The Hall–Kier alpha value is -1.91. The summed E-state index contributed by atoms with van der Waals surface area (Å²) in [5.74, 6) is -0.227. The first-order valence-corrected chi connectivity index (χ1v) is 7.40. The van der Waals surface area contributed by atoms with E-state index in [1.165, 1.54) is 12.1 Å². The molecule has 1 saturated heterocycles. The summed E-state index contributed by atoms with van der Waals surface area (Å²) in [5.41, 5.74) is 6.33. The van der Waals surface area contributed by atoms with Gasteiger partial charge in [0.25, 0.3) is 0 Å². The minimum absolute atomic E-state index is 0.0144. The lowest BCUT2D eigenvalue weighted by atomic mass is 9.96. The van der Waals surface area contributed by atoms with E-state index in [4.69, 9.17) is 5.73 Å². The number of likely N-dealkylation sites (tertiary alicyclic amines) is 1. The fourth-order valence-corrected chi connectivity index (χ4v) is 3.17. The molecule has 21 heavy (non-hydrogen) atoms. The van der Waals surface area contributed by atoms with Crippen molar-refractivity contribution >= 4 is 11.8 Å². The number of rotatable bonds is 3. The quantitative estimate of drug-likeness (QED) is 0.920. The van der Waals surface area contributed by atoms with Crippen molar-refractivity contribution in [2.24, 2.45) is 17.6 Å². The first-order chi connectivity index (χ1) is 10.1. The standard InChI is InChI=1S/C16H19FN2O2/c17-12-3-1-10(2-4-12)13-9-14(13)16(21)19-7-5-11(6-8-19)15(18)20/h1-4,11,13-14H,5-9H2,(H2,18,20). The zero-order valence-electron chi connectivity index (χ0n) is 11.8. The van der Waals surface area contributed by atoms with Gasteiger partial charge in [0.1, 0.15) is 5.82 Å². The minimum atomic E-state index is -0.266. The molecule has 2 aliphatic rings. The fraction of sp³-hybridized carbons (Fsp3) is 0.500. The highest BCUT2D eigenvalue weighted by Crippen LogP contribution is 2.48. The molecule has 4 nitrogen and oxygen atoms in total. The topological polar surface area (TPSA) is 63.4 Å². The van der Waals surface area contributed by atoms with Crippen LogP contribution in [-0.4, -0.2) is 29.8 Å². The SMILES string of the molecule is NC(=O)C1CCN(C(=O)C2CC2c2ccc(F)cc2)CC1. The van der Waals surface area contributed by atoms with Gasteiger partial charge >= 0.3 is 0 Å². The number of carbonyl (C=O) groups excluding carboxylic acids is 2. The Bertz CT molecular complexity index is 550. The molecule has 112 valence electrons. The molecule has 2 N–H and O–H groups in total. The van der Waals surface area contributed by atoms with Gasteiger partial charge in [-0.15, -0.1) is 0 Å². The molecule has 0 spiro atoms. The second kappa shape index (κ2) is 5.47. The van der Waals surface area contributed by atoms with Crippen molar-refractivity contribution in [1.82, 2.24) is 4.90 Å². The van der Waals surface area contributed by atoms with Crippen LogP contribution in [0.3, 0.4) is 0 Å². The maximum atomic E-state index is 12.9. The molecule has 2 amide bonds. The summed E-state index contributed by atoms with van der Waals surface area (Å²) in [4.78, 5) is 25.4. The van der Waals surface area contributed by atoms with Crippen LogP contribution in [0.15, 0.2) is 24.3 Å². The monoisotopic (exact) mass is 290 g/mol. The van der Waals surface area contributed by atoms with Crippen molar-refractivity contribution in [2.45, 2.75) is 25.2 Å². The van der Waals surface area contributed by atoms with Gasteiger partial charge in [-0.05, 0) is 42.9 Å². The van der Waals surface area contributed by atoms with Gasteiger partial charge in [0.2, 0.25) is 11.8 Å². The molecule has 0 bridgehead atoms. The Balaban J connectivity index is 1.56. The molecule has 1 heterocycles. The van der Waals surface area contributed by atoms with Crippen LogP contribution in [-0.2, 0) is 9.59 Å². The minimum Gasteiger partial charge on any atom is -0.369 e. The first-order valence-electron chi connectivity index (χ1n) is 7.40. The molecule has 1 aliphatic heterocycles. The molecule has 1 aromatic carbocycles. The second-order valence-electron chi connectivity index (χ2n) is 6.00. The van der Waals surface area contributed by atoms with E-state index in [1.54, 1.807) is 12.1 Å². The molecule has 1 aromatic rings. The lowest BCUT2D eigenvalue weighted by molar-refractivity contribution is -0.136. The number of hydrogen-bond acceptors (Lipinski definition) is 2. The van der Waals surface area contributed by atoms with E-state index >= 15 is 0 Å². The fourth-order valence-electron chi connectivity index (χ4n) is 3.17. The third-order valence-corrected chi connectivity index (χ3v) is 4.61. The van der Waals surface area contributed by atoms with E-state index in [0.29, 0.717) is 25.9 Å². The van der Waals surface area contributed by atoms with Crippen LogP contribution in [0.4, 0.5) is 4.39 Å². The highest BCUT2D eigenvalue weighted by atomic mass is 19.1. The maximum absolute atomic E-state index is 12.9. The predicted molar refractivity (Wildman–Crippen MR) is 75.7 cm³/mol. The van der Waals surface area contributed by atoms with Crippen molar-refractivity contribution in [3.05, 3.63) is 35.6 Å². The van der Waals surface area contributed by atoms with Crippen molar-refractivity contribution in [3.8, 4) is 0 Å². The summed E-state index contributed by atoms with van der Waals surface area (Å²) in [5, 5.41) is 0. The van der Waals surface area contributed by atoms with Gasteiger partial charge in [0.15, 0.2) is 0 Å². The summed E-state index contributed by atoms with van der Waals surface area (Å²) in [6.07, 6.45) is 2.16. The largest absolute Gasteiger partial charge is 0.369 e. The summed E-state index contributed by atoms with van der Waals surface area (Å²) in [7, 11) is 0. The van der Waals surface area contributed by atoms with Crippen molar-refractivity contribution in [1.29, 1.82) is 0 Å². The average Bonchev–Trinajstić information content (AvgIpc) is 3.28. The zero-order valence-corrected chi connectivity index (χ0v) is 11.8. The number of benzene rings is 1. The van der Waals surface area contributed by atoms with Crippen LogP contribution in [0.5, 0.6) is 0 Å². The maximum Gasteiger partial charge on any atom is 0.226 e. The zero-order chi connectivity index (χ0) is 15.0. The van der Waals surface area contributed by atoms with Gasteiger partial charge in [-0.1, -0.05) is 12.1 Å². The average molecular weight is 290 g/mol. The molecule has 2 fully saturated rings. The number of carbonyl (C=O) groups is 2. The van der Waals surface area contributed by atoms with Crippen LogP contribution in [0, 0.1) is 17.7 Å². The summed E-state index contributed by atoms with van der Waals surface area (Å²) in [6, 6.07) is 6.39. The Morgan fingerprint density at radius 1 is 1.14 bits per heavy atom. The number of hydrogen-bond donors (Lipinski definition) is 1. The lowest BCUT2D eigenvalue weighted by Gasteiger charge is -2.30. The molecular weight excluding hydrogens is 271 g/mol. The van der Waals surface area contributed by atoms with Crippen LogP contribution < -0.4 is 5.73 Å². The molecule has 1 aliphatic carbocycles. The summed E-state index contributed by atoms with van der Waals surface area (Å²) in [6.45, 7) is 1.22. The molecule has 3 rings (SSSR count). The molecular formula is C16H19FN2O2. The Morgan fingerprint density at radius 2 is 1.76 bits per heavy atom. The van der Waals surface area contributed by atoms with E-state index in [1.807, 2.05) is 4.90 Å². The number of piperidine rings is 1. The Labute approximate surface area is 123 Å². The van der Waals surface area contributed by atoms with Gasteiger partial charge in [0, 0.05) is 24.9 Å². The van der Waals surface area contributed by atoms with Gasteiger partial charge < -0.3 is 10.6 Å². The lowest BCUT2D eigenvalue weighted by Crippen LogP contribution is -2.42. The van der Waals surface area contributed by atoms with Crippen LogP contribution in [0.1, 0.15) is 30.7 Å². The van der Waals surface area contributed by atoms with Crippen LogP contribution in [0.25, 0.3) is 0 Å². The van der Waals surface area contributed by atoms with Crippen LogP contribution >= 0.6 is 0 Å². The number of amides is 2. The summed E-state index contributed by atoms with van der Waals surface area (Å²) >= 11 is 0. The molecule has 2 atom stereocenters. The number of nitrogens with zero attached hydrogens (tertiary/aromatic N) is 1. The van der Waals surface area contributed by atoms with E-state index in [-0.39, 0.29) is 35.4 Å². The number of nitrogens with two attached hydrogens (primary N) is 1. The van der Waals surface area contributed by atoms with Gasteiger partial charge in [0.05, 0.1) is 0 Å². The molecule has 0 aromatic heterocycles. The van der Waals surface area contributed by atoms with Crippen molar-refractivity contribution in [2.75, 3.05) is 13.1 Å². The number of halogens is 1. The molecule has 0 radical (unpaired) electrons. The summed E-state index contributed by atoms with van der Waals surface area (Å²) < 4.78 is 12.9. The van der Waals surface area contributed by atoms with Crippen molar-refractivity contribution < 1.29 is 14.0 Å².